The lowest BCUT2D eigenvalue weighted by Gasteiger charge is -2.07. The minimum Gasteiger partial charge on any atom is -0.296 e. The molecule has 1 rings (SSSR count). The van der Waals surface area contributed by atoms with Crippen molar-refractivity contribution in [3.8, 4) is 11.5 Å². The van der Waals surface area contributed by atoms with E-state index in [1.165, 1.54) is 6.07 Å². The largest absolute Gasteiger partial charge is 0.433 e. The van der Waals surface area contributed by atoms with Gasteiger partial charge in [0.15, 0.2) is 6.29 Å². The van der Waals surface area contributed by atoms with Crippen molar-refractivity contribution < 1.29 is 18.0 Å². The molecule has 1 heterocycles. The maximum Gasteiger partial charge on any atom is 0.433 e. The van der Waals surface area contributed by atoms with E-state index in [0.717, 1.165) is 6.07 Å². The summed E-state index contributed by atoms with van der Waals surface area (Å²) in [6.45, 7) is 5.94. The Labute approximate surface area is 104 Å². The van der Waals surface area contributed by atoms with Crippen molar-refractivity contribution >= 4 is 14.4 Å². The number of carbonyl (C=O) groups is 1. The van der Waals surface area contributed by atoms with E-state index in [4.69, 9.17) is 0 Å². The third-order valence-corrected chi connectivity index (χ3v) is 2.71. The Hall–Kier alpha value is -1.61. The molecule has 6 heteroatoms. The zero-order valence-corrected chi connectivity index (χ0v) is 11.2. The van der Waals surface area contributed by atoms with Crippen molar-refractivity contribution in [2.24, 2.45) is 0 Å². The van der Waals surface area contributed by atoms with Crippen LogP contribution in [0.5, 0.6) is 0 Å². The van der Waals surface area contributed by atoms with Gasteiger partial charge in [0.2, 0.25) is 0 Å². The molecule has 0 aromatic carbocycles. The first-order valence-electron chi connectivity index (χ1n) is 5.19. The Balaban J connectivity index is 3.28. The van der Waals surface area contributed by atoms with Crippen LogP contribution in [-0.4, -0.2) is 19.3 Å². The summed E-state index contributed by atoms with van der Waals surface area (Å²) >= 11 is 0. The van der Waals surface area contributed by atoms with Gasteiger partial charge in [0.05, 0.1) is 0 Å². The minimum atomic E-state index is -4.57. The molecule has 0 spiro atoms. The summed E-state index contributed by atoms with van der Waals surface area (Å²) in [4.78, 5) is 13.8. The fourth-order valence-electron chi connectivity index (χ4n) is 1.09. The van der Waals surface area contributed by atoms with Crippen molar-refractivity contribution in [3.63, 3.8) is 0 Å². The maximum absolute atomic E-state index is 12.5. The van der Waals surface area contributed by atoms with E-state index < -0.39 is 19.9 Å². The molecular formula is C12H12F3NOSi. The second-order valence-corrected chi connectivity index (χ2v) is 9.53. The Morgan fingerprint density at radius 1 is 1.28 bits per heavy atom. The number of hydrogen-bond acceptors (Lipinski definition) is 2. The predicted molar refractivity (Wildman–Crippen MR) is 64.9 cm³/mol. The Kier molecular flexibility index (Phi) is 3.97. The number of pyridine rings is 1. The van der Waals surface area contributed by atoms with Gasteiger partial charge in [0.25, 0.3) is 0 Å². The smallest absolute Gasteiger partial charge is 0.296 e. The molecule has 0 N–H and O–H groups in total. The highest BCUT2D eigenvalue weighted by molar-refractivity contribution is 6.83. The van der Waals surface area contributed by atoms with E-state index >= 15 is 0 Å². The van der Waals surface area contributed by atoms with Crippen molar-refractivity contribution in [1.82, 2.24) is 4.98 Å². The van der Waals surface area contributed by atoms with Crippen LogP contribution in [-0.2, 0) is 6.18 Å². The van der Waals surface area contributed by atoms with Gasteiger partial charge in [0.1, 0.15) is 19.5 Å². The summed E-state index contributed by atoms with van der Waals surface area (Å²) in [6.07, 6.45) is -4.29. The fourth-order valence-corrected chi connectivity index (χ4v) is 1.61. The van der Waals surface area contributed by atoms with Crippen LogP contribution in [0.15, 0.2) is 12.1 Å². The lowest BCUT2D eigenvalue weighted by atomic mass is 10.2. The van der Waals surface area contributed by atoms with E-state index in [2.05, 4.69) is 16.4 Å². The molecule has 0 aliphatic rings. The van der Waals surface area contributed by atoms with E-state index in [9.17, 15) is 18.0 Å². The van der Waals surface area contributed by atoms with Crippen molar-refractivity contribution in [2.75, 3.05) is 0 Å². The number of halogens is 3. The zero-order valence-electron chi connectivity index (χ0n) is 10.2. The maximum atomic E-state index is 12.5. The van der Waals surface area contributed by atoms with Crippen LogP contribution in [0.3, 0.4) is 0 Å². The van der Waals surface area contributed by atoms with E-state index in [0.29, 0.717) is 0 Å². The fraction of sp³-hybridized carbons (Fsp3) is 0.333. The lowest BCUT2D eigenvalue weighted by molar-refractivity contribution is -0.141. The third kappa shape index (κ3) is 4.34. The molecule has 0 radical (unpaired) electrons. The molecule has 18 heavy (non-hydrogen) atoms. The normalized spacial score (nSPS) is 11.7. The summed E-state index contributed by atoms with van der Waals surface area (Å²) in [5.74, 6) is 2.68. The molecule has 0 aliphatic carbocycles. The second-order valence-electron chi connectivity index (χ2n) is 4.78. The Morgan fingerprint density at radius 3 is 2.33 bits per heavy atom. The molecule has 0 aliphatic heterocycles. The van der Waals surface area contributed by atoms with Gasteiger partial charge < -0.3 is 0 Å². The topological polar surface area (TPSA) is 30.0 Å². The molecule has 0 saturated heterocycles. The zero-order chi connectivity index (χ0) is 14.0. The monoisotopic (exact) mass is 271 g/mol. The van der Waals surface area contributed by atoms with Gasteiger partial charge >= 0.3 is 6.18 Å². The molecule has 1 aromatic rings. The number of aromatic nitrogens is 1. The summed E-state index contributed by atoms with van der Waals surface area (Å²) in [5.41, 5.74) is 1.76. The Morgan fingerprint density at radius 2 is 1.89 bits per heavy atom. The van der Waals surface area contributed by atoms with Crippen LogP contribution in [0.2, 0.25) is 19.6 Å². The first kappa shape index (κ1) is 14.4. The van der Waals surface area contributed by atoms with Gasteiger partial charge in [0, 0.05) is 5.56 Å². The summed E-state index contributed by atoms with van der Waals surface area (Å²) in [7, 11) is -1.68. The summed E-state index contributed by atoms with van der Waals surface area (Å²) in [5, 5.41) is 0. The Bertz CT molecular complexity index is 521. The van der Waals surface area contributed by atoms with Crippen LogP contribution in [0.4, 0.5) is 13.2 Å². The van der Waals surface area contributed by atoms with Gasteiger partial charge in [-0.15, -0.1) is 5.54 Å². The van der Waals surface area contributed by atoms with Crippen LogP contribution in [0.1, 0.15) is 21.7 Å². The first-order chi connectivity index (χ1) is 8.12. The molecule has 0 atom stereocenters. The molecule has 2 nitrogen and oxygen atoms in total. The molecule has 96 valence electrons. The average molecular weight is 271 g/mol. The van der Waals surface area contributed by atoms with Crippen molar-refractivity contribution in [2.45, 2.75) is 25.8 Å². The molecule has 0 saturated carbocycles. The predicted octanol–water partition coefficient (Wildman–Crippen LogP) is 3.14. The highest BCUT2D eigenvalue weighted by Crippen LogP contribution is 2.28. The lowest BCUT2D eigenvalue weighted by Crippen LogP contribution is -2.16. The summed E-state index contributed by atoms with van der Waals surface area (Å²) < 4.78 is 37.6. The van der Waals surface area contributed by atoms with Gasteiger partial charge in [-0.2, -0.15) is 13.2 Å². The van der Waals surface area contributed by atoms with Crippen molar-refractivity contribution in [3.05, 3.63) is 29.1 Å². The third-order valence-electron chi connectivity index (χ3n) is 1.84. The van der Waals surface area contributed by atoms with Crippen molar-refractivity contribution in [1.29, 1.82) is 0 Å². The highest BCUT2D eigenvalue weighted by Gasteiger charge is 2.33. The first-order valence-corrected chi connectivity index (χ1v) is 8.69. The molecule has 0 fully saturated rings. The standard InChI is InChI=1S/C12H12F3NOSi/c1-18(2,3)5-4-9-6-10(8-17)16-11(7-9)12(13,14)15/h6-8H,1-3H3. The molecule has 0 amide bonds. The number of hydrogen-bond donors (Lipinski definition) is 0. The van der Waals surface area contributed by atoms with Gasteiger partial charge in [-0.25, -0.2) is 4.98 Å². The van der Waals surface area contributed by atoms with Crippen LogP contribution < -0.4 is 0 Å². The minimum absolute atomic E-state index is 0.168. The van der Waals surface area contributed by atoms with Crippen LogP contribution in [0.25, 0.3) is 0 Å². The number of carbonyl (C=O) groups excluding carboxylic acids is 1. The molecule has 1 aromatic heterocycles. The molecule has 0 bridgehead atoms. The number of rotatable bonds is 1. The quantitative estimate of drug-likeness (QED) is 0.446. The highest BCUT2D eigenvalue weighted by atomic mass is 28.3. The van der Waals surface area contributed by atoms with E-state index in [1.807, 2.05) is 19.6 Å². The number of alkyl halides is 3. The SMILES string of the molecule is C[Si](C)(C)C#Cc1cc(C=O)nc(C(F)(F)F)c1. The van der Waals surface area contributed by atoms with Gasteiger partial charge in [-0.05, 0) is 12.1 Å². The van der Waals surface area contributed by atoms with Gasteiger partial charge in [-0.3, -0.25) is 4.79 Å². The average Bonchev–Trinajstić information content (AvgIpc) is 2.24. The molecule has 0 unspecified atom stereocenters. The number of nitrogens with zero attached hydrogens (tertiary/aromatic N) is 1. The van der Waals surface area contributed by atoms with Crippen LogP contribution >= 0.6 is 0 Å². The summed E-state index contributed by atoms with van der Waals surface area (Å²) in [6, 6.07) is 2.12. The number of aldehydes is 1. The molecular weight excluding hydrogens is 259 g/mol. The van der Waals surface area contributed by atoms with E-state index in [1.54, 1.807) is 0 Å². The van der Waals surface area contributed by atoms with Crippen LogP contribution in [0, 0.1) is 11.5 Å². The van der Waals surface area contributed by atoms with Gasteiger partial charge in [-0.1, -0.05) is 25.6 Å². The van der Waals surface area contributed by atoms with E-state index in [-0.39, 0.29) is 17.5 Å². The second kappa shape index (κ2) is 4.94.